The normalized spacial score (nSPS) is 29.6. The lowest BCUT2D eigenvalue weighted by atomic mass is 9.70. The molecule has 0 aromatic heterocycles. The number of ketones is 1. The molecular formula is C20H26N2O4S. The van der Waals surface area contributed by atoms with Crippen molar-refractivity contribution in [1.82, 2.24) is 0 Å². The molecule has 1 aliphatic heterocycles. The average Bonchev–Trinajstić information content (AvgIpc) is 3.16. The first kappa shape index (κ1) is 18.5. The van der Waals surface area contributed by atoms with E-state index in [1.54, 1.807) is 23.1 Å². The zero-order valence-electron chi connectivity index (χ0n) is 15.8. The molecule has 0 unspecified atom stereocenters. The second-order valence-corrected chi connectivity index (χ2v) is 10.4. The van der Waals surface area contributed by atoms with Crippen molar-refractivity contribution in [2.45, 2.75) is 46.0 Å². The largest absolute Gasteiger partial charge is 0.312 e. The predicted molar refractivity (Wildman–Crippen MR) is 104 cm³/mol. The lowest BCUT2D eigenvalue weighted by molar-refractivity contribution is -0.128. The Balaban J connectivity index is 1.56. The Labute approximate surface area is 160 Å². The molecule has 1 N–H and O–H groups in total. The minimum Gasteiger partial charge on any atom is -0.312 e. The number of sulfonamides is 1. The Kier molecular flexibility index (Phi) is 4.14. The first-order valence-electron chi connectivity index (χ1n) is 9.59. The molecule has 1 aromatic carbocycles. The highest BCUT2D eigenvalue weighted by Crippen LogP contribution is 2.64. The van der Waals surface area contributed by atoms with Crippen LogP contribution < -0.4 is 9.62 Å². The molecule has 2 bridgehead atoms. The number of carbonyl (C=O) groups is 2. The van der Waals surface area contributed by atoms with E-state index in [1.165, 1.54) is 0 Å². The molecule has 6 nitrogen and oxygen atoms in total. The van der Waals surface area contributed by atoms with Crippen molar-refractivity contribution >= 4 is 33.1 Å². The fourth-order valence-corrected chi connectivity index (χ4v) is 7.19. The molecule has 146 valence electrons. The number of benzene rings is 1. The summed E-state index contributed by atoms with van der Waals surface area (Å²) in [6, 6.07) is 6.92. The smallest absolute Gasteiger partial charge is 0.233 e. The number of hydrogen-bond acceptors (Lipinski definition) is 4. The molecule has 3 aliphatic rings. The van der Waals surface area contributed by atoms with Gasteiger partial charge in [0.2, 0.25) is 15.9 Å². The van der Waals surface area contributed by atoms with Crippen LogP contribution in [-0.2, 0) is 19.6 Å². The lowest BCUT2D eigenvalue weighted by Crippen LogP contribution is -2.43. The summed E-state index contributed by atoms with van der Waals surface area (Å²) in [6.07, 6.45) is 3.40. The molecule has 3 fully saturated rings. The first-order valence-corrected chi connectivity index (χ1v) is 11.2. The van der Waals surface area contributed by atoms with E-state index in [4.69, 9.17) is 0 Å². The SMILES string of the molecule is CC1(C)[C@@H]2CC[C@]1(CS(=O)(=O)Nc1cccc(N3CCCC3=O)c1)C(=O)C2. The van der Waals surface area contributed by atoms with Crippen LogP contribution in [0.25, 0.3) is 0 Å². The Bertz CT molecular complexity index is 908. The molecule has 2 aliphatic carbocycles. The Morgan fingerprint density at radius 3 is 2.63 bits per heavy atom. The third-order valence-electron chi connectivity index (χ3n) is 7.08. The molecular weight excluding hydrogens is 364 g/mol. The van der Waals surface area contributed by atoms with Gasteiger partial charge in [0.05, 0.1) is 16.9 Å². The maximum Gasteiger partial charge on any atom is 0.233 e. The van der Waals surface area contributed by atoms with Crippen molar-refractivity contribution in [3.8, 4) is 0 Å². The van der Waals surface area contributed by atoms with Crippen molar-refractivity contribution in [2.24, 2.45) is 16.7 Å². The summed E-state index contributed by atoms with van der Waals surface area (Å²) in [5.74, 6) is 0.259. The molecule has 4 rings (SSSR count). The van der Waals surface area contributed by atoms with Gasteiger partial charge in [-0.2, -0.15) is 0 Å². The van der Waals surface area contributed by atoms with Gasteiger partial charge < -0.3 is 4.90 Å². The number of anilines is 2. The third-order valence-corrected chi connectivity index (χ3v) is 8.50. The Hall–Kier alpha value is -1.89. The fraction of sp³-hybridized carbons (Fsp3) is 0.600. The number of nitrogens with one attached hydrogen (secondary N) is 1. The van der Waals surface area contributed by atoms with E-state index < -0.39 is 15.4 Å². The van der Waals surface area contributed by atoms with Gasteiger partial charge in [-0.3, -0.25) is 14.3 Å². The summed E-state index contributed by atoms with van der Waals surface area (Å²) in [6.45, 7) is 4.72. The number of Topliss-reactive ketones (excluding diaryl/α,β-unsaturated/α-hetero) is 1. The highest BCUT2D eigenvalue weighted by molar-refractivity contribution is 7.92. The van der Waals surface area contributed by atoms with E-state index in [0.717, 1.165) is 12.8 Å². The molecule has 1 saturated heterocycles. The quantitative estimate of drug-likeness (QED) is 0.838. The minimum atomic E-state index is -3.69. The second kappa shape index (κ2) is 6.06. The van der Waals surface area contributed by atoms with Gasteiger partial charge in [-0.1, -0.05) is 19.9 Å². The first-order chi connectivity index (χ1) is 12.6. The molecule has 2 saturated carbocycles. The van der Waals surface area contributed by atoms with Crippen LogP contribution in [0, 0.1) is 16.7 Å². The molecule has 1 amide bonds. The molecule has 1 heterocycles. The zero-order valence-corrected chi connectivity index (χ0v) is 16.6. The number of hydrogen-bond donors (Lipinski definition) is 1. The number of nitrogens with zero attached hydrogens (tertiary/aromatic N) is 1. The van der Waals surface area contributed by atoms with Crippen LogP contribution in [0.2, 0.25) is 0 Å². The summed E-state index contributed by atoms with van der Waals surface area (Å²) in [4.78, 5) is 26.3. The van der Waals surface area contributed by atoms with Gasteiger partial charge in [0, 0.05) is 25.1 Å². The molecule has 0 radical (unpaired) electrons. The molecule has 2 atom stereocenters. The van der Waals surface area contributed by atoms with Crippen LogP contribution >= 0.6 is 0 Å². The van der Waals surface area contributed by atoms with Gasteiger partial charge in [-0.05, 0) is 48.8 Å². The zero-order chi connectivity index (χ0) is 19.4. The topological polar surface area (TPSA) is 83.6 Å². The number of amides is 1. The minimum absolute atomic E-state index is 0.0594. The van der Waals surface area contributed by atoms with Gasteiger partial charge in [-0.15, -0.1) is 0 Å². The van der Waals surface area contributed by atoms with Crippen molar-refractivity contribution < 1.29 is 18.0 Å². The maximum absolute atomic E-state index is 12.9. The number of rotatable bonds is 5. The van der Waals surface area contributed by atoms with Crippen molar-refractivity contribution in [1.29, 1.82) is 0 Å². The molecule has 0 spiro atoms. The lowest BCUT2D eigenvalue weighted by Gasteiger charge is -2.36. The Morgan fingerprint density at radius 2 is 2.04 bits per heavy atom. The van der Waals surface area contributed by atoms with E-state index in [9.17, 15) is 18.0 Å². The van der Waals surface area contributed by atoms with Crippen LogP contribution in [0.1, 0.15) is 46.0 Å². The van der Waals surface area contributed by atoms with Gasteiger partial charge in [0.25, 0.3) is 0 Å². The summed E-state index contributed by atoms with van der Waals surface area (Å²) in [5.41, 5.74) is 0.0600. The van der Waals surface area contributed by atoms with E-state index in [0.29, 0.717) is 37.2 Å². The summed E-state index contributed by atoms with van der Waals surface area (Å²) >= 11 is 0. The van der Waals surface area contributed by atoms with Gasteiger partial charge in [0.1, 0.15) is 5.78 Å². The third kappa shape index (κ3) is 2.87. The van der Waals surface area contributed by atoms with E-state index in [-0.39, 0.29) is 28.8 Å². The van der Waals surface area contributed by atoms with Crippen LogP contribution in [0.15, 0.2) is 24.3 Å². The maximum atomic E-state index is 12.9. The highest BCUT2D eigenvalue weighted by atomic mass is 32.2. The molecule has 27 heavy (non-hydrogen) atoms. The van der Waals surface area contributed by atoms with Crippen molar-refractivity contribution in [3.63, 3.8) is 0 Å². The number of carbonyl (C=O) groups excluding carboxylic acids is 2. The summed E-state index contributed by atoms with van der Waals surface area (Å²) < 4.78 is 28.5. The predicted octanol–water partition coefficient (Wildman–Crippen LogP) is 2.95. The highest BCUT2D eigenvalue weighted by Gasteiger charge is 2.65. The van der Waals surface area contributed by atoms with Crippen LogP contribution in [-0.4, -0.2) is 32.4 Å². The van der Waals surface area contributed by atoms with Crippen molar-refractivity contribution in [3.05, 3.63) is 24.3 Å². The number of fused-ring (bicyclic) bond motifs is 2. The standard InChI is InChI=1S/C20H26N2O4S/c1-19(2)14-8-9-20(19,17(23)11-14)13-27(25,26)21-15-5-3-6-16(12-15)22-10-4-7-18(22)24/h3,5-6,12,14,21H,4,7-11,13H2,1-2H3/t14-,20+/m1/s1. The molecule has 1 aromatic rings. The fourth-order valence-electron chi connectivity index (χ4n) is 5.31. The van der Waals surface area contributed by atoms with Gasteiger partial charge >= 0.3 is 0 Å². The van der Waals surface area contributed by atoms with Crippen LogP contribution in [0.5, 0.6) is 0 Å². The van der Waals surface area contributed by atoms with Gasteiger partial charge in [0.15, 0.2) is 0 Å². The van der Waals surface area contributed by atoms with Crippen LogP contribution in [0.3, 0.4) is 0 Å². The van der Waals surface area contributed by atoms with E-state index in [1.807, 2.05) is 19.9 Å². The van der Waals surface area contributed by atoms with E-state index >= 15 is 0 Å². The summed E-state index contributed by atoms with van der Waals surface area (Å²) in [7, 11) is -3.69. The van der Waals surface area contributed by atoms with E-state index in [2.05, 4.69) is 4.72 Å². The average molecular weight is 391 g/mol. The van der Waals surface area contributed by atoms with Gasteiger partial charge in [-0.25, -0.2) is 8.42 Å². The Morgan fingerprint density at radius 1 is 1.26 bits per heavy atom. The second-order valence-electron chi connectivity index (χ2n) is 8.73. The summed E-state index contributed by atoms with van der Waals surface area (Å²) in [5, 5.41) is 0. The molecule has 7 heteroatoms. The monoisotopic (exact) mass is 390 g/mol. The van der Waals surface area contributed by atoms with Crippen molar-refractivity contribution in [2.75, 3.05) is 21.9 Å². The van der Waals surface area contributed by atoms with Crippen LogP contribution in [0.4, 0.5) is 11.4 Å².